The first-order valence-electron chi connectivity index (χ1n) is 4.81. The average molecular weight is 243 g/mol. The molecule has 0 bridgehead atoms. The highest BCUT2D eigenvalue weighted by atomic mass is 35.5. The van der Waals surface area contributed by atoms with Gasteiger partial charge in [0.15, 0.2) is 11.5 Å². The Kier molecular flexibility index (Phi) is 2.46. The maximum atomic E-state index is 11.2. The topological polar surface area (TPSA) is 66.8 Å². The Labute approximate surface area is 97.4 Å². The maximum Gasteiger partial charge on any atom is 0.314 e. The molecule has 0 aliphatic heterocycles. The summed E-state index contributed by atoms with van der Waals surface area (Å²) in [6.07, 6.45) is 1.13. The molecular weight excluding hydrogens is 232 g/mol. The third-order valence-electron chi connectivity index (χ3n) is 2.94. The first kappa shape index (κ1) is 11.1. The molecular formula is C11H11ClO4. The molecule has 16 heavy (non-hydrogen) atoms. The Morgan fingerprint density at radius 1 is 1.50 bits per heavy atom. The van der Waals surface area contributed by atoms with Crippen molar-refractivity contribution in [3.8, 4) is 11.5 Å². The molecule has 0 atom stereocenters. The summed E-state index contributed by atoms with van der Waals surface area (Å²) in [4.78, 5) is 11.2. The quantitative estimate of drug-likeness (QED) is 0.853. The summed E-state index contributed by atoms with van der Waals surface area (Å²) in [6, 6.07) is 2.82. The van der Waals surface area contributed by atoms with Crippen LogP contribution in [0.15, 0.2) is 12.1 Å². The molecule has 0 aromatic heterocycles. The number of carboxylic acids is 1. The Hall–Kier alpha value is -1.42. The van der Waals surface area contributed by atoms with E-state index in [2.05, 4.69) is 0 Å². The highest BCUT2D eigenvalue weighted by molar-refractivity contribution is 6.32. The SMILES string of the molecule is COc1cc(C2(C(=O)O)CC2)c(Cl)cc1O. The highest BCUT2D eigenvalue weighted by Crippen LogP contribution is 2.52. The number of halogens is 1. The van der Waals surface area contributed by atoms with Crippen LogP contribution in [0, 0.1) is 0 Å². The molecule has 0 heterocycles. The molecule has 1 aliphatic rings. The fraction of sp³-hybridized carbons (Fsp3) is 0.364. The third-order valence-corrected chi connectivity index (χ3v) is 3.26. The van der Waals surface area contributed by atoms with Gasteiger partial charge in [0.25, 0.3) is 0 Å². The summed E-state index contributed by atoms with van der Waals surface area (Å²) >= 11 is 5.95. The van der Waals surface area contributed by atoms with Crippen molar-refractivity contribution in [2.75, 3.05) is 7.11 Å². The lowest BCUT2D eigenvalue weighted by Gasteiger charge is -2.14. The van der Waals surface area contributed by atoms with Crippen molar-refractivity contribution in [3.63, 3.8) is 0 Å². The first-order valence-corrected chi connectivity index (χ1v) is 5.19. The molecule has 2 rings (SSSR count). The van der Waals surface area contributed by atoms with E-state index in [9.17, 15) is 9.90 Å². The normalized spacial score (nSPS) is 16.9. The number of methoxy groups -OCH3 is 1. The van der Waals surface area contributed by atoms with Crippen LogP contribution in [0.4, 0.5) is 0 Å². The van der Waals surface area contributed by atoms with Crippen LogP contribution >= 0.6 is 11.6 Å². The van der Waals surface area contributed by atoms with Crippen LogP contribution < -0.4 is 4.74 Å². The second-order valence-electron chi connectivity index (χ2n) is 3.89. The Balaban J connectivity index is 2.53. The van der Waals surface area contributed by atoms with E-state index in [1.807, 2.05) is 0 Å². The minimum absolute atomic E-state index is 0.0857. The number of phenolic OH excluding ortho intramolecular Hbond substituents is 1. The first-order chi connectivity index (χ1) is 7.51. The van der Waals surface area contributed by atoms with Gasteiger partial charge in [0.1, 0.15) is 0 Å². The molecule has 1 aromatic carbocycles. The molecule has 0 saturated heterocycles. The lowest BCUT2D eigenvalue weighted by atomic mass is 9.95. The molecule has 0 amide bonds. The van der Waals surface area contributed by atoms with Gasteiger partial charge in [0.2, 0.25) is 0 Å². The Morgan fingerprint density at radius 3 is 2.56 bits per heavy atom. The lowest BCUT2D eigenvalue weighted by molar-refractivity contribution is -0.140. The molecule has 1 saturated carbocycles. The number of carboxylic acid groups (broad SMARTS) is 1. The van der Waals surface area contributed by atoms with Crippen LogP contribution in [0.2, 0.25) is 5.02 Å². The van der Waals surface area contributed by atoms with Crippen molar-refractivity contribution in [1.29, 1.82) is 0 Å². The fourth-order valence-electron chi connectivity index (χ4n) is 1.80. The number of hydrogen-bond acceptors (Lipinski definition) is 3. The molecule has 4 nitrogen and oxygen atoms in total. The molecule has 2 N–H and O–H groups in total. The van der Waals surface area contributed by atoms with Crippen molar-refractivity contribution in [1.82, 2.24) is 0 Å². The lowest BCUT2D eigenvalue weighted by Crippen LogP contribution is -2.20. The molecule has 86 valence electrons. The number of ether oxygens (including phenoxy) is 1. The van der Waals surface area contributed by atoms with Gasteiger partial charge in [0.05, 0.1) is 12.5 Å². The number of rotatable bonds is 3. The van der Waals surface area contributed by atoms with Gasteiger partial charge in [-0.3, -0.25) is 4.79 Å². The van der Waals surface area contributed by atoms with Gasteiger partial charge in [-0.25, -0.2) is 0 Å². The van der Waals surface area contributed by atoms with Crippen LogP contribution in [0.1, 0.15) is 18.4 Å². The maximum absolute atomic E-state index is 11.2. The van der Waals surface area contributed by atoms with Crippen LogP contribution in [-0.4, -0.2) is 23.3 Å². The summed E-state index contributed by atoms with van der Waals surface area (Å²) in [5.41, 5.74) is -0.380. The monoisotopic (exact) mass is 242 g/mol. The highest BCUT2D eigenvalue weighted by Gasteiger charge is 2.53. The smallest absolute Gasteiger partial charge is 0.314 e. The summed E-state index contributed by atoms with van der Waals surface area (Å²) in [5.74, 6) is -0.730. The van der Waals surface area contributed by atoms with E-state index < -0.39 is 11.4 Å². The van der Waals surface area contributed by atoms with E-state index >= 15 is 0 Å². The number of phenols is 1. The molecule has 1 aromatic rings. The van der Waals surface area contributed by atoms with Gasteiger partial charge >= 0.3 is 5.97 Å². The van der Waals surface area contributed by atoms with Crippen molar-refractivity contribution in [2.24, 2.45) is 0 Å². The second kappa shape index (κ2) is 3.56. The van der Waals surface area contributed by atoms with E-state index in [0.29, 0.717) is 18.4 Å². The standard InChI is InChI=1S/C11H11ClO4/c1-16-9-4-6(7(12)5-8(9)13)11(2-3-11)10(14)15/h4-5,13H,2-3H2,1H3,(H,14,15). The minimum Gasteiger partial charge on any atom is -0.504 e. The summed E-state index contributed by atoms with van der Waals surface area (Å²) in [6.45, 7) is 0. The van der Waals surface area contributed by atoms with Gasteiger partial charge in [0, 0.05) is 11.1 Å². The van der Waals surface area contributed by atoms with Crippen molar-refractivity contribution in [2.45, 2.75) is 18.3 Å². The van der Waals surface area contributed by atoms with Gasteiger partial charge in [-0.05, 0) is 24.5 Å². The van der Waals surface area contributed by atoms with E-state index in [-0.39, 0.29) is 16.5 Å². The van der Waals surface area contributed by atoms with Crippen molar-refractivity contribution >= 4 is 17.6 Å². The van der Waals surface area contributed by atoms with Crippen LogP contribution in [-0.2, 0) is 10.2 Å². The van der Waals surface area contributed by atoms with Gasteiger partial charge in [-0.15, -0.1) is 0 Å². The molecule has 1 aliphatic carbocycles. The predicted octanol–water partition coefficient (Wildman–Crippen LogP) is 2.17. The average Bonchev–Trinajstić information content (AvgIpc) is 2.99. The zero-order valence-electron chi connectivity index (χ0n) is 8.66. The third kappa shape index (κ3) is 1.50. The van der Waals surface area contributed by atoms with Crippen molar-refractivity contribution < 1.29 is 19.7 Å². The van der Waals surface area contributed by atoms with Gasteiger partial charge in [-0.2, -0.15) is 0 Å². The van der Waals surface area contributed by atoms with Gasteiger partial charge < -0.3 is 14.9 Å². The number of aromatic hydroxyl groups is 1. The largest absolute Gasteiger partial charge is 0.504 e. The summed E-state index contributed by atoms with van der Waals surface area (Å²) in [5, 5.41) is 18.9. The second-order valence-corrected chi connectivity index (χ2v) is 4.30. The van der Waals surface area contributed by atoms with E-state index in [1.165, 1.54) is 19.2 Å². The molecule has 0 spiro atoms. The van der Waals surface area contributed by atoms with Crippen LogP contribution in [0.25, 0.3) is 0 Å². The van der Waals surface area contributed by atoms with Crippen LogP contribution in [0.3, 0.4) is 0 Å². The number of carbonyl (C=O) groups is 1. The molecule has 1 fully saturated rings. The van der Waals surface area contributed by atoms with Crippen molar-refractivity contribution in [3.05, 3.63) is 22.7 Å². The summed E-state index contributed by atoms with van der Waals surface area (Å²) < 4.78 is 4.94. The number of hydrogen-bond donors (Lipinski definition) is 2. The molecule has 0 radical (unpaired) electrons. The van der Waals surface area contributed by atoms with E-state index in [1.54, 1.807) is 0 Å². The van der Waals surface area contributed by atoms with E-state index in [0.717, 1.165) is 0 Å². The number of aliphatic carboxylic acids is 1. The summed E-state index contributed by atoms with van der Waals surface area (Å²) in [7, 11) is 1.41. The Bertz CT molecular complexity index is 452. The zero-order chi connectivity index (χ0) is 11.9. The molecule has 5 heteroatoms. The number of benzene rings is 1. The van der Waals surface area contributed by atoms with Crippen LogP contribution in [0.5, 0.6) is 11.5 Å². The van der Waals surface area contributed by atoms with Gasteiger partial charge in [-0.1, -0.05) is 11.6 Å². The Morgan fingerprint density at radius 2 is 2.12 bits per heavy atom. The minimum atomic E-state index is -0.891. The fourth-order valence-corrected chi connectivity index (χ4v) is 2.14. The molecule has 0 unspecified atom stereocenters. The predicted molar refractivity (Wildman–Crippen MR) is 58.2 cm³/mol. The van der Waals surface area contributed by atoms with E-state index in [4.69, 9.17) is 21.4 Å². The zero-order valence-corrected chi connectivity index (χ0v) is 9.41.